The third-order valence-corrected chi connectivity index (χ3v) is 6.95. The summed E-state index contributed by atoms with van der Waals surface area (Å²) in [5.74, 6) is 2.48. The minimum Gasteiger partial charge on any atom is -0.497 e. The minimum atomic E-state index is -0.963. The molecule has 2 N–H and O–H groups in total. The van der Waals surface area contributed by atoms with Crippen molar-refractivity contribution in [2.45, 2.75) is 12.3 Å². The van der Waals surface area contributed by atoms with Gasteiger partial charge in [0.25, 0.3) is 0 Å². The van der Waals surface area contributed by atoms with Crippen molar-refractivity contribution >= 4 is 23.3 Å². The second-order valence-electron chi connectivity index (χ2n) is 8.93. The SMILES string of the molecule is COc1ccc(NC(=O)NCCN2C(=O)C3(COc4cc5c(cc43)OCO5)c3ccccc32)c(C)c1. The highest BCUT2D eigenvalue weighted by molar-refractivity contribution is 6.11. The molecule has 9 nitrogen and oxygen atoms in total. The number of benzene rings is 3. The number of nitrogens with one attached hydrogen (secondary N) is 2. The van der Waals surface area contributed by atoms with E-state index in [2.05, 4.69) is 10.6 Å². The molecule has 0 radical (unpaired) electrons. The number of carbonyl (C=O) groups is 2. The molecule has 1 atom stereocenters. The van der Waals surface area contributed by atoms with E-state index in [1.54, 1.807) is 30.2 Å². The van der Waals surface area contributed by atoms with E-state index < -0.39 is 5.41 Å². The van der Waals surface area contributed by atoms with Crippen LogP contribution in [0, 0.1) is 6.92 Å². The van der Waals surface area contributed by atoms with Crippen molar-refractivity contribution in [2.75, 3.05) is 43.8 Å². The van der Waals surface area contributed by atoms with Crippen LogP contribution in [0.4, 0.5) is 16.2 Å². The zero-order valence-corrected chi connectivity index (χ0v) is 19.9. The van der Waals surface area contributed by atoms with E-state index in [4.69, 9.17) is 18.9 Å². The predicted molar refractivity (Wildman–Crippen MR) is 132 cm³/mol. The Bertz CT molecular complexity index is 1390. The maximum atomic E-state index is 14.0. The van der Waals surface area contributed by atoms with Crippen molar-refractivity contribution in [1.82, 2.24) is 5.32 Å². The fourth-order valence-corrected chi connectivity index (χ4v) is 5.14. The number of amides is 3. The van der Waals surface area contributed by atoms with E-state index in [1.807, 2.05) is 43.3 Å². The fourth-order valence-electron chi connectivity index (χ4n) is 5.14. The van der Waals surface area contributed by atoms with Crippen molar-refractivity contribution in [3.05, 3.63) is 71.3 Å². The molecule has 9 heteroatoms. The number of carbonyl (C=O) groups excluding carboxylic acids is 2. The second kappa shape index (κ2) is 8.37. The highest BCUT2D eigenvalue weighted by atomic mass is 16.7. The van der Waals surface area contributed by atoms with Gasteiger partial charge >= 0.3 is 6.03 Å². The standard InChI is InChI=1S/C27H25N3O6/c1-16-11-17(33-2)7-8-20(16)29-26(32)28-9-10-30-21-6-4-3-5-18(21)27(25(30)31)14-34-22-13-24-23(12-19(22)27)35-15-36-24/h3-8,11-13H,9-10,14-15H2,1-2H3,(H2,28,29,32). The molecule has 3 aliphatic rings. The molecular formula is C27H25N3O6. The number of ether oxygens (including phenoxy) is 4. The van der Waals surface area contributed by atoms with Crippen LogP contribution >= 0.6 is 0 Å². The van der Waals surface area contributed by atoms with Crippen LogP contribution in [-0.2, 0) is 10.2 Å². The zero-order valence-electron chi connectivity index (χ0n) is 19.9. The first-order chi connectivity index (χ1) is 17.5. The average molecular weight is 488 g/mol. The number of urea groups is 1. The number of methoxy groups -OCH3 is 1. The Morgan fingerprint density at radius 3 is 2.64 bits per heavy atom. The molecular weight excluding hydrogens is 462 g/mol. The molecule has 36 heavy (non-hydrogen) atoms. The first-order valence-corrected chi connectivity index (χ1v) is 11.7. The molecule has 0 bridgehead atoms. The second-order valence-corrected chi connectivity index (χ2v) is 8.93. The molecule has 1 unspecified atom stereocenters. The Morgan fingerprint density at radius 2 is 1.83 bits per heavy atom. The highest BCUT2D eigenvalue weighted by Gasteiger charge is 2.57. The molecule has 1 spiro atoms. The van der Waals surface area contributed by atoms with Crippen molar-refractivity contribution in [3.63, 3.8) is 0 Å². The summed E-state index contributed by atoms with van der Waals surface area (Å²) in [7, 11) is 1.60. The Labute approximate surface area is 207 Å². The highest BCUT2D eigenvalue weighted by Crippen LogP contribution is 2.54. The molecule has 0 fully saturated rings. The lowest BCUT2D eigenvalue weighted by atomic mass is 9.77. The average Bonchev–Trinajstić information content (AvgIpc) is 3.56. The van der Waals surface area contributed by atoms with Crippen molar-refractivity contribution in [3.8, 4) is 23.0 Å². The summed E-state index contributed by atoms with van der Waals surface area (Å²) in [6.07, 6.45) is 0. The van der Waals surface area contributed by atoms with Gasteiger partial charge in [-0.3, -0.25) is 4.79 Å². The van der Waals surface area contributed by atoms with E-state index in [-0.39, 0.29) is 31.9 Å². The number of nitrogens with zero attached hydrogens (tertiary/aromatic N) is 1. The maximum Gasteiger partial charge on any atom is 0.319 e. The monoisotopic (exact) mass is 487 g/mol. The normalized spacial score (nSPS) is 18.6. The van der Waals surface area contributed by atoms with Gasteiger partial charge in [-0.1, -0.05) is 18.2 Å². The van der Waals surface area contributed by atoms with Gasteiger partial charge in [0.2, 0.25) is 12.7 Å². The Kier molecular flexibility index (Phi) is 5.13. The van der Waals surface area contributed by atoms with Gasteiger partial charge in [-0.25, -0.2) is 4.79 Å². The number of aryl methyl sites for hydroxylation is 1. The Morgan fingerprint density at radius 1 is 1.03 bits per heavy atom. The number of anilines is 2. The molecule has 3 amide bonds. The van der Waals surface area contributed by atoms with Gasteiger partial charge < -0.3 is 34.5 Å². The molecule has 0 aliphatic carbocycles. The third kappa shape index (κ3) is 3.30. The lowest BCUT2D eigenvalue weighted by Crippen LogP contribution is -2.45. The van der Waals surface area contributed by atoms with E-state index in [0.717, 1.165) is 28.1 Å². The van der Waals surface area contributed by atoms with E-state index in [0.29, 0.717) is 29.5 Å². The fraction of sp³-hybridized carbons (Fsp3) is 0.259. The van der Waals surface area contributed by atoms with E-state index in [9.17, 15) is 9.59 Å². The quantitative estimate of drug-likeness (QED) is 0.571. The van der Waals surface area contributed by atoms with Crippen LogP contribution in [-0.4, -0.2) is 45.5 Å². The summed E-state index contributed by atoms with van der Waals surface area (Å²) in [6, 6.07) is 16.4. The van der Waals surface area contributed by atoms with Gasteiger partial charge in [-0.15, -0.1) is 0 Å². The molecule has 0 aromatic heterocycles. The first-order valence-electron chi connectivity index (χ1n) is 11.7. The van der Waals surface area contributed by atoms with Gasteiger partial charge in [-0.05, 0) is 48.4 Å². The van der Waals surface area contributed by atoms with E-state index >= 15 is 0 Å². The van der Waals surface area contributed by atoms with Crippen molar-refractivity contribution in [1.29, 1.82) is 0 Å². The molecule has 0 saturated heterocycles. The van der Waals surface area contributed by atoms with Crippen LogP contribution in [0.3, 0.4) is 0 Å². The van der Waals surface area contributed by atoms with Crippen molar-refractivity contribution < 1.29 is 28.5 Å². The van der Waals surface area contributed by atoms with Crippen LogP contribution in [0.1, 0.15) is 16.7 Å². The largest absolute Gasteiger partial charge is 0.497 e. The number of para-hydroxylation sites is 1. The summed E-state index contributed by atoms with van der Waals surface area (Å²) in [6.45, 7) is 2.82. The summed E-state index contributed by atoms with van der Waals surface area (Å²) in [5.41, 5.74) is 3.07. The summed E-state index contributed by atoms with van der Waals surface area (Å²) in [4.78, 5) is 28.2. The van der Waals surface area contributed by atoms with E-state index in [1.165, 1.54) is 0 Å². The number of rotatable bonds is 5. The number of hydrogen-bond acceptors (Lipinski definition) is 6. The van der Waals surface area contributed by atoms with Gasteiger partial charge in [0.05, 0.1) is 7.11 Å². The molecule has 3 aromatic carbocycles. The van der Waals surface area contributed by atoms with Gasteiger partial charge in [-0.2, -0.15) is 0 Å². The van der Waals surface area contributed by atoms with Crippen LogP contribution in [0.25, 0.3) is 0 Å². The summed E-state index contributed by atoms with van der Waals surface area (Å²) in [5, 5.41) is 5.70. The van der Waals surface area contributed by atoms with Crippen LogP contribution < -0.4 is 34.5 Å². The zero-order chi connectivity index (χ0) is 24.9. The lowest BCUT2D eigenvalue weighted by Gasteiger charge is -2.23. The molecule has 184 valence electrons. The Hall–Kier alpha value is -4.40. The van der Waals surface area contributed by atoms with Crippen LogP contribution in [0.5, 0.6) is 23.0 Å². The first kappa shape index (κ1) is 22.1. The Balaban J connectivity index is 1.20. The molecule has 6 rings (SSSR count). The van der Waals surface area contributed by atoms with Crippen LogP contribution in [0.15, 0.2) is 54.6 Å². The molecule has 3 aliphatic heterocycles. The maximum absolute atomic E-state index is 14.0. The lowest BCUT2D eigenvalue weighted by molar-refractivity contribution is -0.122. The number of hydrogen-bond donors (Lipinski definition) is 2. The minimum absolute atomic E-state index is 0.0884. The molecule has 0 saturated carbocycles. The van der Waals surface area contributed by atoms with Gasteiger partial charge in [0.15, 0.2) is 11.5 Å². The van der Waals surface area contributed by atoms with Gasteiger partial charge in [0.1, 0.15) is 23.5 Å². The molecule has 3 heterocycles. The number of fused-ring (bicyclic) bond motifs is 5. The smallest absolute Gasteiger partial charge is 0.319 e. The van der Waals surface area contributed by atoms with Gasteiger partial charge in [0, 0.05) is 36.1 Å². The third-order valence-electron chi connectivity index (χ3n) is 6.95. The van der Waals surface area contributed by atoms with Crippen LogP contribution in [0.2, 0.25) is 0 Å². The summed E-state index contributed by atoms with van der Waals surface area (Å²) >= 11 is 0. The molecule has 3 aromatic rings. The van der Waals surface area contributed by atoms with Crippen molar-refractivity contribution in [2.24, 2.45) is 0 Å². The topological polar surface area (TPSA) is 98.4 Å². The predicted octanol–water partition coefficient (Wildman–Crippen LogP) is 3.58. The summed E-state index contributed by atoms with van der Waals surface area (Å²) < 4.78 is 22.3.